The lowest BCUT2D eigenvalue weighted by atomic mass is 9.97. The van der Waals surface area contributed by atoms with Crippen LogP contribution >= 0.6 is 0 Å². The van der Waals surface area contributed by atoms with Crippen LogP contribution in [0, 0.1) is 12.8 Å². The van der Waals surface area contributed by atoms with Gasteiger partial charge >= 0.3 is 0 Å². The van der Waals surface area contributed by atoms with E-state index in [1.807, 2.05) is 0 Å². The van der Waals surface area contributed by atoms with Gasteiger partial charge in [0.2, 0.25) is 0 Å². The van der Waals surface area contributed by atoms with E-state index in [-0.39, 0.29) is 0 Å². The van der Waals surface area contributed by atoms with Gasteiger partial charge in [-0.1, -0.05) is 13.3 Å². The number of nitrogens with zero attached hydrogens (tertiary/aromatic N) is 2. The van der Waals surface area contributed by atoms with Crippen LogP contribution in [0.2, 0.25) is 0 Å². The van der Waals surface area contributed by atoms with Crippen LogP contribution in [0.5, 0.6) is 0 Å². The fourth-order valence-electron chi connectivity index (χ4n) is 2.34. The van der Waals surface area contributed by atoms with Crippen LogP contribution in [0.4, 0.5) is 0 Å². The molecule has 0 N–H and O–H groups in total. The van der Waals surface area contributed by atoms with Gasteiger partial charge in [0.25, 0.3) is 0 Å². The lowest BCUT2D eigenvalue weighted by molar-refractivity contribution is 0.463. The Kier molecular flexibility index (Phi) is 2.80. The van der Waals surface area contributed by atoms with Crippen molar-refractivity contribution in [2.24, 2.45) is 5.92 Å². The van der Waals surface area contributed by atoms with E-state index in [4.69, 9.17) is 0 Å². The van der Waals surface area contributed by atoms with E-state index in [1.54, 1.807) is 6.33 Å². The molecule has 76 valence electrons. The molecule has 1 aliphatic carbocycles. The molecule has 0 aliphatic heterocycles. The first-order valence-electron chi connectivity index (χ1n) is 5.60. The van der Waals surface area contributed by atoms with Crippen molar-refractivity contribution in [3.05, 3.63) is 23.3 Å². The Morgan fingerprint density at radius 1 is 1.43 bits per heavy atom. The van der Waals surface area contributed by atoms with Crippen LogP contribution in [0.25, 0.3) is 0 Å². The average Bonchev–Trinajstić information content (AvgIpc) is 2.40. The minimum atomic E-state index is 0.838. The van der Waals surface area contributed by atoms with Gasteiger partial charge < -0.3 is 0 Å². The minimum Gasteiger partial charge on any atom is -0.241 e. The zero-order valence-corrected chi connectivity index (χ0v) is 9.08. The van der Waals surface area contributed by atoms with E-state index in [0.717, 1.165) is 12.3 Å². The summed E-state index contributed by atoms with van der Waals surface area (Å²) in [5.74, 6) is 0.838. The zero-order valence-electron chi connectivity index (χ0n) is 9.08. The van der Waals surface area contributed by atoms with Crippen molar-refractivity contribution in [2.45, 2.75) is 46.0 Å². The van der Waals surface area contributed by atoms with Gasteiger partial charge in [-0.3, -0.25) is 0 Å². The van der Waals surface area contributed by atoms with Crippen LogP contribution in [0.15, 0.2) is 6.33 Å². The molecule has 0 saturated heterocycles. The highest BCUT2D eigenvalue weighted by Crippen LogP contribution is 2.25. The minimum absolute atomic E-state index is 0.838. The van der Waals surface area contributed by atoms with Crippen LogP contribution in [0.3, 0.4) is 0 Å². The number of aryl methyl sites for hydroxylation is 1. The van der Waals surface area contributed by atoms with Gasteiger partial charge in [-0.15, -0.1) is 0 Å². The van der Waals surface area contributed by atoms with Gasteiger partial charge in [-0.2, -0.15) is 0 Å². The topological polar surface area (TPSA) is 25.8 Å². The highest BCUT2D eigenvalue weighted by Gasteiger charge is 2.17. The maximum atomic E-state index is 4.43. The first-order valence-corrected chi connectivity index (χ1v) is 5.60. The van der Waals surface area contributed by atoms with Crippen molar-refractivity contribution < 1.29 is 0 Å². The molecule has 0 aromatic carbocycles. The van der Waals surface area contributed by atoms with Crippen molar-refractivity contribution in [3.63, 3.8) is 0 Å². The summed E-state index contributed by atoms with van der Waals surface area (Å²) >= 11 is 0. The smallest absolute Gasteiger partial charge is 0.115 e. The van der Waals surface area contributed by atoms with Gasteiger partial charge in [-0.05, 0) is 44.1 Å². The van der Waals surface area contributed by atoms with Gasteiger partial charge in [0.1, 0.15) is 6.33 Å². The largest absolute Gasteiger partial charge is 0.241 e. The average molecular weight is 190 g/mol. The predicted octanol–water partition coefficient (Wildman–Crippen LogP) is 2.69. The molecule has 0 radical (unpaired) electrons. The highest BCUT2D eigenvalue weighted by molar-refractivity contribution is 5.25. The molecule has 1 atom stereocenters. The molecule has 2 rings (SSSR count). The summed E-state index contributed by atoms with van der Waals surface area (Å²) in [4.78, 5) is 8.70. The quantitative estimate of drug-likeness (QED) is 0.636. The van der Waals surface area contributed by atoms with E-state index in [0.29, 0.717) is 0 Å². The summed E-state index contributed by atoms with van der Waals surface area (Å²) < 4.78 is 0. The van der Waals surface area contributed by atoms with Crippen molar-refractivity contribution in [2.75, 3.05) is 0 Å². The Morgan fingerprint density at radius 3 is 3.07 bits per heavy atom. The van der Waals surface area contributed by atoms with Crippen molar-refractivity contribution in [1.29, 1.82) is 0 Å². The molecule has 1 aromatic rings. The Morgan fingerprint density at radius 2 is 2.29 bits per heavy atom. The van der Waals surface area contributed by atoms with Crippen LogP contribution in [-0.2, 0) is 12.8 Å². The third-order valence-electron chi connectivity index (χ3n) is 3.35. The van der Waals surface area contributed by atoms with Crippen LogP contribution in [-0.4, -0.2) is 9.97 Å². The third kappa shape index (κ3) is 1.79. The highest BCUT2D eigenvalue weighted by atomic mass is 14.8. The van der Waals surface area contributed by atoms with E-state index < -0.39 is 0 Å². The molecular weight excluding hydrogens is 172 g/mol. The normalized spacial score (nSPS) is 21.4. The summed E-state index contributed by atoms with van der Waals surface area (Å²) in [7, 11) is 0. The molecule has 14 heavy (non-hydrogen) atoms. The Labute approximate surface area is 85.8 Å². The molecule has 0 unspecified atom stereocenters. The lowest BCUT2D eigenvalue weighted by Crippen LogP contribution is -2.05. The summed E-state index contributed by atoms with van der Waals surface area (Å²) in [6.07, 6.45) is 7.99. The van der Waals surface area contributed by atoms with E-state index in [2.05, 4.69) is 23.8 Å². The predicted molar refractivity (Wildman–Crippen MR) is 57.2 cm³/mol. The molecule has 1 aromatic heterocycles. The number of hydrogen-bond acceptors (Lipinski definition) is 2. The fraction of sp³-hybridized carbons (Fsp3) is 0.667. The van der Waals surface area contributed by atoms with Crippen molar-refractivity contribution in [1.82, 2.24) is 9.97 Å². The maximum Gasteiger partial charge on any atom is 0.115 e. The second kappa shape index (κ2) is 4.07. The summed E-state index contributed by atoms with van der Waals surface area (Å²) in [6.45, 7) is 4.39. The molecule has 0 spiro atoms. The van der Waals surface area contributed by atoms with Gasteiger partial charge in [0.05, 0.1) is 0 Å². The zero-order chi connectivity index (χ0) is 9.97. The van der Waals surface area contributed by atoms with Gasteiger partial charge in [-0.25, -0.2) is 9.97 Å². The van der Waals surface area contributed by atoms with Crippen molar-refractivity contribution in [3.8, 4) is 0 Å². The SMILES string of the molecule is CC[C@H]1CCCc2c(C)ncnc2C1. The number of fused-ring (bicyclic) bond motifs is 1. The van der Waals surface area contributed by atoms with Crippen LogP contribution < -0.4 is 0 Å². The van der Waals surface area contributed by atoms with Gasteiger partial charge in [0, 0.05) is 11.4 Å². The monoisotopic (exact) mass is 190 g/mol. The standard InChI is InChI=1S/C12H18N2/c1-3-10-5-4-6-11-9(2)13-8-14-12(11)7-10/h8,10H,3-7H2,1-2H3/t10-/m0/s1. The molecular formula is C12H18N2. The molecule has 0 fully saturated rings. The molecule has 0 bridgehead atoms. The fourth-order valence-corrected chi connectivity index (χ4v) is 2.34. The lowest BCUT2D eigenvalue weighted by Gasteiger charge is -2.10. The Hall–Kier alpha value is -0.920. The maximum absolute atomic E-state index is 4.43. The third-order valence-corrected chi connectivity index (χ3v) is 3.35. The second-order valence-corrected chi connectivity index (χ2v) is 4.25. The summed E-state index contributed by atoms with van der Waals surface area (Å²) in [5, 5.41) is 0. The second-order valence-electron chi connectivity index (χ2n) is 4.25. The molecule has 2 heteroatoms. The molecule has 0 amide bonds. The molecule has 1 aliphatic rings. The molecule has 1 heterocycles. The van der Waals surface area contributed by atoms with Crippen molar-refractivity contribution >= 4 is 0 Å². The number of aromatic nitrogens is 2. The summed E-state index contributed by atoms with van der Waals surface area (Å²) in [6, 6.07) is 0. The first kappa shape index (κ1) is 9.63. The van der Waals surface area contributed by atoms with Gasteiger partial charge in [0.15, 0.2) is 0 Å². The number of rotatable bonds is 1. The number of hydrogen-bond donors (Lipinski definition) is 0. The van der Waals surface area contributed by atoms with E-state index >= 15 is 0 Å². The molecule has 2 nitrogen and oxygen atoms in total. The van der Waals surface area contributed by atoms with E-state index in [1.165, 1.54) is 42.6 Å². The van der Waals surface area contributed by atoms with E-state index in [9.17, 15) is 0 Å². The first-order chi connectivity index (χ1) is 6.81. The molecule has 0 saturated carbocycles. The summed E-state index contributed by atoms with van der Waals surface area (Å²) in [5.41, 5.74) is 3.91. The Balaban J connectivity index is 2.32. The Bertz CT molecular complexity index is 320. The van der Waals surface area contributed by atoms with Crippen LogP contribution in [0.1, 0.15) is 43.1 Å².